The van der Waals surface area contributed by atoms with Gasteiger partial charge in [-0.3, -0.25) is 4.90 Å². The molecule has 5 nitrogen and oxygen atoms in total. The van der Waals surface area contributed by atoms with E-state index in [1.54, 1.807) is 0 Å². The van der Waals surface area contributed by atoms with Crippen molar-refractivity contribution in [3.05, 3.63) is 57.2 Å². The minimum absolute atomic E-state index is 0.0854. The molecule has 2 bridgehead atoms. The number of halogens is 1. The van der Waals surface area contributed by atoms with E-state index in [4.69, 9.17) is 5.73 Å². The van der Waals surface area contributed by atoms with E-state index in [1.165, 1.54) is 0 Å². The van der Waals surface area contributed by atoms with Crippen LogP contribution in [0.1, 0.15) is 24.3 Å². The maximum absolute atomic E-state index is 10.1. The predicted molar refractivity (Wildman–Crippen MR) is 104 cm³/mol. The number of benzene rings is 1. The molecule has 0 saturated carbocycles. The van der Waals surface area contributed by atoms with Crippen molar-refractivity contribution in [3.8, 4) is 18.2 Å². The first-order valence-corrected chi connectivity index (χ1v) is 9.70. The van der Waals surface area contributed by atoms with Gasteiger partial charge in [0.05, 0.1) is 23.4 Å². The van der Waals surface area contributed by atoms with Gasteiger partial charge in [-0.2, -0.15) is 15.8 Å². The van der Waals surface area contributed by atoms with Gasteiger partial charge in [0, 0.05) is 28.4 Å². The van der Waals surface area contributed by atoms with Gasteiger partial charge in [-0.1, -0.05) is 40.2 Å². The topological polar surface area (TPSA) is 101 Å². The van der Waals surface area contributed by atoms with Crippen molar-refractivity contribution in [1.29, 1.82) is 15.8 Å². The van der Waals surface area contributed by atoms with Crippen LogP contribution in [0, 0.1) is 45.3 Å². The Labute approximate surface area is 167 Å². The van der Waals surface area contributed by atoms with Crippen LogP contribution in [0.25, 0.3) is 0 Å². The third kappa shape index (κ3) is 2.23. The van der Waals surface area contributed by atoms with Crippen molar-refractivity contribution in [2.75, 3.05) is 7.05 Å². The van der Waals surface area contributed by atoms with Gasteiger partial charge in [0.15, 0.2) is 5.41 Å². The Hall–Kier alpha value is -2.59. The zero-order valence-corrected chi connectivity index (χ0v) is 16.4. The van der Waals surface area contributed by atoms with Crippen LogP contribution in [0.5, 0.6) is 0 Å². The highest BCUT2D eigenvalue weighted by Gasteiger charge is 2.58. The van der Waals surface area contributed by atoms with Crippen LogP contribution in [0.4, 0.5) is 0 Å². The summed E-state index contributed by atoms with van der Waals surface area (Å²) in [5.74, 6) is -0.577. The van der Waals surface area contributed by atoms with Gasteiger partial charge < -0.3 is 5.73 Å². The smallest absolute Gasteiger partial charge is 0.191 e. The molecule has 0 amide bonds. The van der Waals surface area contributed by atoms with Crippen molar-refractivity contribution in [1.82, 2.24) is 4.90 Å². The largest absolute Gasteiger partial charge is 0.399 e. The quantitative estimate of drug-likeness (QED) is 0.751. The third-order valence-corrected chi connectivity index (χ3v) is 7.19. The van der Waals surface area contributed by atoms with Crippen molar-refractivity contribution in [2.24, 2.45) is 17.1 Å². The number of nitrogens with zero attached hydrogens (tertiary/aromatic N) is 4. The fraction of sp³-hybridized carbons (Fsp3) is 0.381. The Balaban J connectivity index is 2.08. The van der Waals surface area contributed by atoms with Crippen LogP contribution in [0.3, 0.4) is 0 Å². The van der Waals surface area contributed by atoms with Crippen LogP contribution in [-0.2, 0) is 0 Å². The summed E-state index contributed by atoms with van der Waals surface area (Å²) in [4.78, 5) is 2.31. The molecule has 0 spiro atoms. The van der Waals surface area contributed by atoms with E-state index in [9.17, 15) is 15.8 Å². The molecule has 0 radical (unpaired) electrons. The number of hydrogen-bond acceptors (Lipinski definition) is 5. The number of rotatable bonds is 1. The summed E-state index contributed by atoms with van der Waals surface area (Å²) < 4.78 is 0.847. The van der Waals surface area contributed by atoms with Crippen molar-refractivity contribution < 1.29 is 0 Å². The molecule has 4 atom stereocenters. The lowest BCUT2D eigenvalue weighted by molar-refractivity contribution is 0.160. The van der Waals surface area contributed by atoms with Crippen molar-refractivity contribution >= 4 is 15.9 Å². The molecule has 3 aliphatic rings. The van der Waals surface area contributed by atoms with Crippen LogP contribution in [0.15, 0.2) is 51.7 Å². The summed E-state index contributed by atoms with van der Waals surface area (Å²) in [5, 5.41) is 30.1. The number of hydrogen-bond donors (Lipinski definition) is 1. The molecule has 0 aromatic heterocycles. The highest BCUT2D eigenvalue weighted by atomic mass is 79.9. The Kier molecular flexibility index (Phi) is 4.11. The summed E-state index contributed by atoms with van der Waals surface area (Å²) in [6, 6.07) is 14.7. The molecule has 1 saturated heterocycles. The van der Waals surface area contributed by atoms with Crippen LogP contribution in [-0.4, -0.2) is 24.0 Å². The first-order chi connectivity index (χ1) is 13.0. The predicted octanol–water partition coefficient (Wildman–Crippen LogP) is 3.34. The van der Waals surface area contributed by atoms with Crippen molar-refractivity contribution in [2.45, 2.75) is 30.8 Å². The van der Waals surface area contributed by atoms with Gasteiger partial charge in [0.2, 0.25) is 0 Å². The molecule has 1 aliphatic carbocycles. The second-order valence-electron chi connectivity index (χ2n) is 7.46. The molecule has 1 aromatic rings. The monoisotopic (exact) mass is 419 g/mol. The summed E-state index contributed by atoms with van der Waals surface area (Å²) in [5.41, 5.74) is 6.98. The van der Waals surface area contributed by atoms with E-state index in [-0.39, 0.29) is 23.7 Å². The van der Waals surface area contributed by atoms with Crippen LogP contribution in [0.2, 0.25) is 0 Å². The number of nitriles is 3. The van der Waals surface area contributed by atoms with Gasteiger partial charge in [-0.25, -0.2) is 0 Å². The minimum Gasteiger partial charge on any atom is -0.399 e. The van der Waals surface area contributed by atoms with Crippen LogP contribution < -0.4 is 5.73 Å². The third-order valence-electron chi connectivity index (χ3n) is 6.46. The van der Waals surface area contributed by atoms with E-state index >= 15 is 0 Å². The average molecular weight is 420 g/mol. The summed E-state index contributed by atoms with van der Waals surface area (Å²) in [7, 11) is 2.08. The van der Waals surface area contributed by atoms with E-state index < -0.39 is 11.3 Å². The number of allylic oxidation sites excluding steroid dienone is 2. The van der Waals surface area contributed by atoms with Gasteiger partial charge in [0.1, 0.15) is 6.07 Å². The first kappa shape index (κ1) is 17.8. The molecule has 27 heavy (non-hydrogen) atoms. The molecule has 2 aliphatic heterocycles. The number of likely N-dealkylation sites (N-methyl/N-ethyl adjacent to an activating group) is 1. The maximum Gasteiger partial charge on any atom is 0.191 e. The number of fused-ring (bicyclic) bond motifs is 4. The summed E-state index contributed by atoms with van der Waals surface area (Å²) in [6.07, 6.45) is 4.11. The molecular weight excluding hydrogens is 402 g/mol. The standard InChI is InChI=1S/C21H18BrN5/c1-27-12-6-7-17(27)18-14(8-12)15(9-23)20(26)21(10-24,11-25)19(18)13-4-2-3-5-16(13)22/h2-5,8,12,17-19H,6-7,26H2,1H3/t12?,17?,18-,19-/m0/s1. The van der Waals surface area contributed by atoms with E-state index in [2.05, 4.69) is 52.2 Å². The molecule has 6 heteroatoms. The normalized spacial score (nSPS) is 31.3. The summed E-state index contributed by atoms with van der Waals surface area (Å²) in [6.45, 7) is 0. The molecule has 4 rings (SSSR count). The SMILES string of the molecule is CN1C2C=C3C(C#N)=C(N)C(C#N)(C#N)[C@@H](c4ccccc4Br)[C@@H]3C1CC2. The van der Waals surface area contributed by atoms with Crippen LogP contribution >= 0.6 is 15.9 Å². The molecule has 2 heterocycles. The van der Waals surface area contributed by atoms with E-state index in [0.717, 1.165) is 28.5 Å². The van der Waals surface area contributed by atoms with Gasteiger partial charge in [0.25, 0.3) is 0 Å². The van der Waals surface area contributed by atoms with Gasteiger partial charge in [-0.05, 0) is 37.1 Å². The molecule has 1 fully saturated rings. The fourth-order valence-electron chi connectivity index (χ4n) is 5.16. The summed E-state index contributed by atoms with van der Waals surface area (Å²) >= 11 is 3.60. The lowest BCUT2D eigenvalue weighted by Crippen LogP contribution is -2.51. The van der Waals surface area contributed by atoms with Crippen molar-refractivity contribution in [3.63, 3.8) is 0 Å². The zero-order valence-electron chi connectivity index (χ0n) is 14.9. The van der Waals surface area contributed by atoms with E-state index in [0.29, 0.717) is 5.57 Å². The molecule has 2 N–H and O–H groups in total. The molecule has 1 aromatic carbocycles. The Morgan fingerprint density at radius 1 is 1.19 bits per heavy atom. The maximum atomic E-state index is 10.1. The van der Waals surface area contributed by atoms with Gasteiger partial charge in [-0.15, -0.1) is 0 Å². The Morgan fingerprint density at radius 3 is 2.52 bits per heavy atom. The second kappa shape index (κ2) is 6.24. The van der Waals surface area contributed by atoms with Gasteiger partial charge >= 0.3 is 0 Å². The minimum atomic E-state index is -1.58. The molecular formula is C21H18BrN5. The Morgan fingerprint density at radius 2 is 1.89 bits per heavy atom. The second-order valence-corrected chi connectivity index (χ2v) is 8.31. The fourth-order valence-corrected chi connectivity index (χ4v) is 5.69. The average Bonchev–Trinajstić information content (AvgIpc) is 2.91. The lowest BCUT2D eigenvalue weighted by atomic mass is 9.56. The van der Waals surface area contributed by atoms with E-state index in [1.807, 2.05) is 24.3 Å². The highest BCUT2D eigenvalue weighted by molar-refractivity contribution is 9.10. The molecule has 134 valence electrons. The lowest BCUT2D eigenvalue weighted by Gasteiger charge is -2.48. The zero-order chi connectivity index (χ0) is 19.3. The Bertz CT molecular complexity index is 989. The first-order valence-electron chi connectivity index (χ1n) is 8.91. The highest BCUT2D eigenvalue weighted by Crippen LogP contribution is 2.58. The number of nitrogens with two attached hydrogens (primary N) is 1. The molecule has 2 unspecified atom stereocenters.